The van der Waals surface area contributed by atoms with Gasteiger partial charge in [0.25, 0.3) is 11.6 Å². The minimum atomic E-state index is -2.87. The molecule has 2 aliphatic heterocycles. The lowest BCUT2D eigenvalue weighted by atomic mass is 10.0. The highest BCUT2D eigenvalue weighted by Gasteiger charge is 2.52. The smallest absolute Gasteiger partial charge is 0.387 e. The first-order valence-corrected chi connectivity index (χ1v) is 9.84. The Kier molecular flexibility index (Phi) is 5.41. The first-order chi connectivity index (χ1) is 14.0. The normalized spacial score (nSPS) is 21.9. The highest BCUT2D eigenvalue weighted by molar-refractivity contribution is 5.97. The molecule has 0 radical (unpaired) electrons. The molecule has 2 aliphatic rings. The van der Waals surface area contributed by atoms with Crippen LogP contribution in [0.3, 0.4) is 0 Å². The number of alkyl halides is 2. The van der Waals surface area contributed by atoms with Crippen LogP contribution < -0.4 is 14.4 Å². The van der Waals surface area contributed by atoms with E-state index in [1.807, 2.05) is 24.3 Å². The zero-order valence-electron chi connectivity index (χ0n) is 16.4. The standard InChI is InChI=1S/C22H25F2N2O3/c1-28-19-8-5-4-7-18(19)25-15-22(27,26-14-6-2-3-9-20(25)26)16-10-12-17(13-11-16)29-21(23)24/h4-5,7-8,10-13,21,27H,2-3,6,9,14-15H2,1H3/q+1. The average molecular weight is 403 g/mol. The van der Waals surface area contributed by atoms with E-state index in [0.717, 1.165) is 49.5 Å². The average Bonchev–Trinajstić information content (AvgIpc) is 2.87. The van der Waals surface area contributed by atoms with Crippen LogP contribution in [-0.4, -0.2) is 42.3 Å². The third-order valence-electron chi connectivity index (χ3n) is 5.65. The van der Waals surface area contributed by atoms with Crippen molar-refractivity contribution >= 4 is 11.5 Å². The predicted octanol–water partition coefficient (Wildman–Crippen LogP) is 3.95. The molecule has 154 valence electrons. The van der Waals surface area contributed by atoms with Gasteiger partial charge in [-0.15, -0.1) is 0 Å². The van der Waals surface area contributed by atoms with Crippen LogP contribution in [0.15, 0.2) is 48.5 Å². The van der Waals surface area contributed by atoms with Crippen molar-refractivity contribution in [2.75, 3.05) is 25.1 Å². The van der Waals surface area contributed by atoms with Crippen molar-refractivity contribution < 1.29 is 27.9 Å². The number of nitrogens with zero attached hydrogens (tertiary/aromatic N) is 2. The van der Waals surface area contributed by atoms with Crippen LogP contribution in [-0.2, 0) is 5.72 Å². The largest absolute Gasteiger partial charge is 0.492 e. The first-order valence-electron chi connectivity index (χ1n) is 9.84. The number of hydrogen-bond acceptors (Lipinski definition) is 4. The van der Waals surface area contributed by atoms with Crippen molar-refractivity contribution in [1.29, 1.82) is 0 Å². The molecule has 5 nitrogen and oxygen atoms in total. The lowest BCUT2D eigenvalue weighted by Crippen LogP contribution is -2.41. The minimum Gasteiger partial charge on any atom is -0.492 e. The molecule has 2 aromatic rings. The summed E-state index contributed by atoms with van der Waals surface area (Å²) in [7, 11) is 1.64. The van der Waals surface area contributed by atoms with Gasteiger partial charge in [0.1, 0.15) is 5.75 Å². The van der Waals surface area contributed by atoms with Gasteiger partial charge < -0.3 is 14.6 Å². The van der Waals surface area contributed by atoms with E-state index < -0.39 is 12.3 Å². The van der Waals surface area contributed by atoms with Crippen LogP contribution >= 0.6 is 0 Å². The summed E-state index contributed by atoms with van der Waals surface area (Å²) in [5.74, 6) is 1.88. The molecule has 2 aromatic carbocycles. The summed E-state index contributed by atoms with van der Waals surface area (Å²) in [4.78, 5) is 2.12. The molecule has 1 atom stereocenters. The van der Waals surface area contributed by atoms with E-state index in [2.05, 4.69) is 14.2 Å². The van der Waals surface area contributed by atoms with E-state index >= 15 is 0 Å². The maximum atomic E-state index is 12.5. The Morgan fingerprint density at radius 1 is 1.07 bits per heavy atom. The van der Waals surface area contributed by atoms with E-state index in [-0.39, 0.29) is 5.75 Å². The fraction of sp³-hybridized carbons (Fsp3) is 0.409. The van der Waals surface area contributed by atoms with Crippen LogP contribution in [0, 0.1) is 0 Å². The second-order valence-corrected chi connectivity index (χ2v) is 7.36. The molecule has 0 amide bonds. The number of rotatable bonds is 5. The number of methoxy groups -OCH3 is 1. The summed E-state index contributed by atoms with van der Waals surface area (Å²) in [6.45, 7) is -1.81. The van der Waals surface area contributed by atoms with Gasteiger partial charge in [-0.1, -0.05) is 12.1 Å². The van der Waals surface area contributed by atoms with Crippen molar-refractivity contribution in [2.24, 2.45) is 0 Å². The number of β-amino-alcohol motifs (C(OH)–C–C–N with tert-alkyl or cyclic N) is 1. The van der Waals surface area contributed by atoms with Crippen molar-refractivity contribution in [1.82, 2.24) is 0 Å². The maximum Gasteiger partial charge on any atom is 0.387 e. The van der Waals surface area contributed by atoms with E-state index in [9.17, 15) is 13.9 Å². The summed E-state index contributed by atoms with van der Waals surface area (Å²) in [6, 6.07) is 14.0. The molecule has 0 bridgehead atoms. The summed E-state index contributed by atoms with van der Waals surface area (Å²) < 4.78 is 37.0. The lowest BCUT2D eigenvalue weighted by molar-refractivity contribution is -0.658. The molecule has 7 heteroatoms. The van der Waals surface area contributed by atoms with Crippen LogP contribution in [0.4, 0.5) is 14.5 Å². The summed E-state index contributed by atoms with van der Waals surface area (Å²) in [5.41, 5.74) is 0.297. The number of amidine groups is 1. The van der Waals surface area contributed by atoms with Gasteiger partial charge in [-0.2, -0.15) is 8.78 Å². The number of halogens is 2. The molecule has 1 unspecified atom stereocenters. The molecule has 29 heavy (non-hydrogen) atoms. The summed E-state index contributed by atoms with van der Waals surface area (Å²) >= 11 is 0. The van der Waals surface area contributed by atoms with Gasteiger partial charge in [-0.05, 0) is 55.7 Å². The molecule has 1 N–H and O–H groups in total. The number of benzene rings is 2. The van der Waals surface area contributed by atoms with Crippen molar-refractivity contribution in [3.8, 4) is 11.5 Å². The van der Waals surface area contributed by atoms with Crippen molar-refractivity contribution in [3.63, 3.8) is 0 Å². The van der Waals surface area contributed by atoms with Crippen molar-refractivity contribution in [3.05, 3.63) is 54.1 Å². The van der Waals surface area contributed by atoms with Gasteiger partial charge in [-0.25, -0.2) is 9.48 Å². The first kappa shape index (κ1) is 19.6. The Hall–Kier alpha value is -2.67. The molecule has 2 heterocycles. The van der Waals surface area contributed by atoms with Gasteiger partial charge in [0.2, 0.25) is 0 Å². The molecule has 4 rings (SSSR count). The van der Waals surface area contributed by atoms with Gasteiger partial charge in [0.05, 0.1) is 13.7 Å². The number of para-hydroxylation sites is 2. The highest BCUT2D eigenvalue weighted by atomic mass is 19.3. The third-order valence-corrected chi connectivity index (χ3v) is 5.65. The highest BCUT2D eigenvalue weighted by Crippen LogP contribution is 2.39. The maximum absolute atomic E-state index is 12.5. The third kappa shape index (κ3) is 3.67. The zero-order chi connectivity index (χ0) is 20.4. The van der Waals surface area contributed by atoms with Gasteiger partial charge in [0, 0.05) is 12.0 Å². The minimum absolute atomic E-state index is 0.0759. The number of anilines is 1. The SMILES string of the molecule is COc1ccccc1N1CC(O)(c2ccc(OC(F)F)cc2)[N+]2=C1CCCCC2. The molecule has 0 aromatic heterocycles. The topological polar surface area (TPSA) is 44.9 Å². The molecule has 0 saturated heterocycles. The number of hydrogen-bond donors (Lipinski definition) is 1. The fourth-order valence-corrected chi connectivity index (χ4v) is 4.30. The summed E-state index contributed by atoms with van der Waals surface area (Å²) in [5, 5.41) is 11.8. The Bertz CT molecular complexity index is 901. The van der Waals surface area contributed by atoms with Crippen LogP contribution in [0.5, 0.6) is 11.5 Å². The number of aliphatic hydroxyl groups is 1. The molecule has 0 aliphatic carbocycles. The van der Waals surface area contributed by atoms with E-state index in [1.54, 1.807) is 19.2 Å². The van der Waals surface area contributed by atoms with Crippen molar-refractivity contribution in [2.45, 2.75) is 38.0 Å². The second-order valence-electron chi connectivity index (χ2n) is 7.36. The van der Waals surface area contributed by atoms with Crippen LogP contribution in [0.1, 0.15) is 31.2 Å². The quantitative estimate of drug-likeness (QED) is 0.768. The number of ether oxygens (including phenoxy) is 2. The summed E-state index contributed by atoms with van der Waals surface area (Å²) in [6.07, 6.45) is 3.98. The Morgan fingerprint density at radius 3 is 2.55 bits per heavy atom. The Labute approximate surface area is 168 Å². The van der Waals surface area contributed by atoms with Gasteiger partial charge >= 0.3 is 6.61 Å². The predicted molar refractivity (Wildman–Crippen MR) is 106 cm³/mol. The monoisotopic (exact) mass is 403 g/mol. The lowest BCUT2D eigenvalue weighted by Gasteiger charge is -2.24. The van der Waals surface area contributed by atoms with Gasteiger partial charge in [0.15, 0.2) is 18.0 Å². The molecular weight excluding hydrogens is 378 g/mol. The van der Waals surface area contributed by atoms with Crippen LogP contribution in [0.25, 0.3) is 0 Å². The second kappa shape index (κ2) is 7.99. The Balaban J connectivity index is 1.75. The van der Waals surface area contributed by atoms with Crippen LogP contribution in [0.2, 0.25) is 0 Å². The zero-order valence-corrected chi connectivity index (χ0v) is 16.4. The van der Waals surface area contributed by atoms with E-state index in [1.165, 1.54) is 12.1 Å². The molecule has 0 fully saturated rings. The van der Waals surface area contributed by atoms with E-state index in [4.69, 9.17) is 4.74 Å². The van der Waals surface area contributed by atoms with E-state index in [0.29, 0.717) is 12.1 Å². The van der Waals surface area contributed by atoms with Gasteiger partial charge in [-0.3, -0.25) is 0 Å². The Morgan fingerprint density at radius 2 is 1.83 bits per heavy atom. The fourth-order valence-electron chi connectivity index (χ4n) is 4.30. The molecule has 0 spiro atoms. The molecule has 0 saturated carbocycles. The molecular formula is C22H25F2N2O3+.